The van der Waals surface area contributed by atoms with Crippen LogP contribution < -0.4 is 11.2 Å². The number of hydrogen-bond donors (Lipinski definition) is 3. The highest BCUT2D eigenvalue weighted by Gasteiger charge is 1.99. The van der Waals surface area contributed by atoms with Crippen molar-refractivity contribution in [3.63, 3.8) is 0 Å². The van der Waals surface area contributed by atoms with Gasteiger partial charge in [-0.25, -0.2) is 10.5 Å². The van der Waals surface area contributed by atoms with Crippen LogP contribution in [0.2, 0.25) is 0 Å². The number of aromatic nitrogens is 1. The summed E-state index contributed by atoms with van der Waals surface area (Å²) >= 11 is 0. The highest BCUT2D eigenvalue weighted by atomic mass is 16.5. The molecule has 0 radical (unpaired) electrons. The third-order valence-corrected chi connectivity index (χ3v) is 2.02. The molecular formula is C10H10N4O. The Morgan fingerprint density at radius 1 is 1.40 bits per heavy atom. The highest BCUT2D eigenvalue weighted by Crippen LogP contribution is 2.24. The Morgan fingerprint density at radius 2 is 2.27 bits per heavy atom. The maximum Gasteiger partial charge on any atom is 0.218 e. The van der Waals surface area contributed by atoms with Crippen LogP contribution >= 0.6 is 0 Å². The Balaban J connectivity index is 2.61. The largest absolute Gasteiger partial charge is 0.368 e. The van der Waals surface area contributed by atoms with Crippen molar-refractivity contribution in [3.8, 4) is 0 Å². The molecule has 15 heavy (non-hydrogen) atoms. The molecular weight excluding hydrogens is 192 g/mol. The smallest absolute Gasteiger partial charge is 0.218 e. The minimum atomic E-state index is -0.0497. The summed E-state index contributed by atoms with van der Waals surface area (Å²) in [5.41, 5.74) is 7.82. The van der Waals surface area contributed by atoms with Crippen molar-refractivity contribution >= 4 is 22.4 Å². The zero-order valence-corrected chi connectivity index (χ0v) is 7.88. The summed E-state index contributed by atoms with van der Waals surface area (Å²) < 4.78 is 0. The van der Waals surface area contributed by atoms with E-state index in [0.717, 1.165) is 10.8 Å². The lowest BCUT2D eigenvalue weighted by Gasteiger charge is -2.02. The predicted molar refractivity (Wildman–Crippen MR) is 57.9 cm³/mol. The summed E-state index contributed by atoms with van der Waals surface area (Å²) in [5, 5.41) is 10.5. The van der Waals surface area contributed by atoms with E-state index < -0.39 is 0 Å². The highest BCUT2D eigenvalue weighted by molar-refractivity contribution is 5.94. The molecule has 1 aromatic carbocycles. The second kappa shape index (κ2) is 3.93. The van der Waals surface area contributed by atoms with E-state index in [1.54, 1.807) is 23.9 Å². The Morgan fingerprint density at radius 3 is 3.07 bits per heavy atom. The van der Waals surface area contributed by atoms with Crippen LogP contribution in [-0.4, -0.2) is 16.2 Å². The standard InChI is InChI=1S/C10H10N4O/c11-10(14-15)13-9-3-1-2-7-4-5-12-6-8(7)9/h1-6,15H,(H3,11,13,14). The molecule has 0 atom stereocenters. The lowest BCUT2D eigenvalue weighted by molar-refractivity contribution is 0.233. The van der Waals surface area contributed by atoms with Crippen LogP contribution in [0.3, 0.4) is 0 Å². The van der Waals surface area contributed by atoms with E-state index >= 15 is 0 Å². The van der Waals surface area contributed by atoms with Gasteiger partial charge in [-0.15, -0.1) is 0 Å². The lowest BCUT2D eigenvalue weighted by Crippen LogP contribution is -2.27. The number of nitrogens with zero attached hydrogens (tertiary/aromatic N) is 2. The molecule has 0 spiro atoms. The fraction of sp³-hybridized carbons (Fsp3) is 0. The van der Waals surface area contributed by atoms with Crippen LogP contribution in [0, 0.1) is 0 Å². The number of hydroxylamine groups is 1. The molecule has 0 aliphatic heterocycles. The minimum Gasteiger partial charge on any atom is -0.368 e. The molecule has 0 aliphatic carbocycles. The second-order valence-electron chi connectivity index (χ2n) is 2.98. The number of fused-ring (bicyclic) bond motifs is 1. The first kappa shape index (κ1) is 9.42. The summed E-state index contributed by atoms with van der Waals surface area (Å²) in [4.78, 5) is 8.01. The van der Waals surface area contributed by atoms with Crippen LogP contribution in [0.4, 0.5) is 5.69 Å². The molecule has 4 N–H and O–H groups in total. The number of aliphatic imine (C=N–C) groups is 1. The van der Waals surface area contributed by atoms with Crippen molar-refractivity contribution < 1.29 is 5.21 Å². The molecule has 0 saturated carbocycles. The van der Waals surface area contributed by atoms with Gasteiger partial charge < -0.3 is 5.73 Å². The number of nitrogens with one attached hydrogen (secondary N) is 1. The first-order valence-corrected chi connectivity index (χ1v) is 4.38. The van der Waals surface area contributed by atoms with E-state index in [0.29, 0.717) is 5.69 Å². The van der Waals surface area contributed by atoms with Gasteiger partial charge >= 0.3 is 0 Å². The van der Waals surface area contributed by atoms with Gasteiger partial charge in [-0.3, -0.25) is 10.2 Å². The van der Waals surface area contributed by atoms with E-state index in [-0.39, 0.29) is 5.96 Å². The van der Waals surface area contributed by atoms with Crippen molar-refractivity contribution in [2.75, 3.05) is 0 Å². The topological polar surface area (TPSA) is 83.5 Å². The average molecular weight is 202 g/mol. The van der Waals surface area contributed by atoms with Crippen LogP contribution in [0.25, 0.3) is 10.8 Å². The van der Waals surface area contributed by atoms with Gasteiger partial charge in [0, 0.05) is 17.8 Å². The van der Waals surface area contributed by atoms with Gasteiger partial charge in [0.2, 0.25) is 5.96 Å². The molecule has 0 aliphatic rings. The fourth-order valence-corrected chi connectivity index (χ4v) is 1.35. The van der Waals surface area contributed by atoms with Crippen LogP contribution in [-0.2, 0) is 0 Å². The van der Waals surface area contributed by atoms with Gasteiger partial charge in [-0.1, -0.05) is 12.1 Å². The summed E-state index contributed by atoms with van der Waals surface area (Å²) in [7, 11) is 0. The van der Waals surface area contributed by atoms with Gasteiger partial charge in [0.05, 0.1) is 5.69 Å². The van der Waals surface area contributed by atoms with Gasteiger partial charge in [0.25, 0.3) is 0 Å². The molecule has 5 heteroatoms. The average Bonchev–Trinajstić information content (AvgIpc) is 2.29. The molecule has 0 unspecified atom stereocenters. The van der Waals surface area contributed by atoms with E-state index in [2.05, 4.69) is 9.98 Å². The Labute approximate surface area is 86.2 Å². The third kappa shape index (κ3) is 1.87. The molecule has 76 valence electrons. The van der Waals surface area contributed by atoms with E-state index in [4.69, 9.17) is 10.9 Å². The van der Waals surface area contributed by atoms with E-state index in [9.17, 15) is 0 Å². The number of guanidine groups is 1. The van der Waals surface area contributed by atoms with Gasteiger partial charge in [-0.2, -0.15) is 0 Å². The Kier molecular flexibility index (Phi) is 2.47. The van der Waals surface area contributed by atoms with Crippen LogP contribution in [0.5, 0.6) is 0 Å². The molecule has 0 fully saturated rings. The predicted octanol–water partition coefficient (Wildman–Crippen LogP) is 1.16. The zero-order valence-electron chi connectivity index (χ0n) is 7.88. The summed E-state index contributed by atoms with van der Waals surface area (Å²) in [5.74, 6) is -0.0497. The SMILES string of the molecule is NC(=Nc1cccc2ccncc12)NO. The van der Waals surface area contributed by atoms with Crippen LogP contribution in [0.15, 0.2) is 41.7 Å². The molecule has 1 aromatic heterocycles. The number of benzene rings is 1. The summed E-state index contributed by atoms with van der Waals surface area (Å²) in [6, 6.07) is 7.51. The van der Waals surface area contributed by atoms with Crippen molar-refractivity contribution in [2.24, 2.45) is 10.7 Å². The molecule has 2 rings (SSSR count). The minimum absolute atomic E-state index is 0.0497. The Hall–Kier alpha value is -2.14. The molecule has 0 saturated heterocycles. The van der Waals surface area contributed by atoms with Gasteiger partial charge in [-0.05, 0) is 17.5 Å². The molecule has 5 nitrogen and oxygen atoms in total. The van der Waals surface area contributed by atoms with Gasteiger partial charge in [0.15, 0.2) is 0 Å². The molecule has 0 amide bonds. The van der Waals surface area contributed by atoms with Crippen molar-refractivity contribution in [3.05, 3.63) is 36.7 Å². The van der Waals surface area contributed by atoms with E-state index in [1.807, 2.05) is 18.2 Å². The number of hydrogen-bond acceptors (Lipinski definition) is 3. The quantitative estimate of drug-likeness (QED) is 0.368. The summed E-state index contributed by atoms with van der Waals surface area (Å²) in [6.45, 7) is 0. The van der Waals surface area contributed by atoms with Gasteiger partial charge in [0.1, 0.15) is 0 Å². The summed E-state index contributed by atoms with van der Waals surface area (Å²) in [6.07, 6.45) is 3.42. The lowest BCUT2D eigenvalue weighted by atomic mass is 10.1. The van der Waals surface area contributed by atoms with Crippen molar-refractivity contribution in [1.82, 2.24) is 10.5 Å². The van der Waals surface area contributed by atoms with Crippen LogP contribution in [0.1, 0.15) is 0 Å². The number of nitrogens with two attached hydrogens (primary N) is 1. The molecule has 1 heterocycles. The Bertz CT molecular complexity index is 504. The third-order valence-electron chi connectivity index (χ3n) is 2.02. The zero-order chi connectivity index (χ0) is 10.7. The number of rotatable bonds is 1. The monoisotopic (exact) mass is 202 g/mol. The first-order chi connectivity index (χ1) is 7.31. The van der Waals surface area contributed by atoms with Crippen molar-refractivity contribution in [1.29, 1.82) is 0 Å². The van der Waals surface area contributed by atoms with Crippen molar-refractivity contribution in [2.45, 2.75) is 0 Å². The molecule has 0 bridgehead atoms. The normalized spacial score (nSPS) is 11.7. The van der Waals surface area contributed by atoms with E-state index in [1.165, 1.54) is 0 Å². The molecule has 2 aromatic rings. The number of pyridine rings is 1. The fourth-order valence-electron chi connectivity index (χ4n) is 1.35. The first-order valence-electron chi connectivity index (χ1n) is 4.38. The maximum atomic E-state index is 8.55. The maximum absolute atomic E-state index is 8.55. The second-order valence-corrected chi connectivity index (χ2v) is 2.98.